The van der Waals surface area contributed by atoms with E-state index in [9.17, 15) is 4.79 Å². The first-order valence-electron chi connectivity index (χ1n) is 3.78. The van der Waals surface area contributed by atoms with Crippen LogP contribution in [0.4, 0.5) is 5.69 Å². The Morgan fingerprint density at radius 3 is 2.43 bits per heavy atom. The van der Waals surface area contributed by atoms with Crippen LogP contribution in [-0.2, 0) is 4.79 Å². The van der Waals surface area contributed by atoms with Gasteiger partial charge in [0.15, 0.2) is 0 Å². The first-order valence-corrected chi connectivity index (χ1v) is 3.78. The molecule has 0 heterocycles. The molecule has 0 spiro atoms. The number of carboxylic acid groups (broad SMARTS) is 1. The van der Waals surface area contributed by atoms with Crippen molar-refractivity contribution in [2.75, 3.05) is 5.12 Å². The average Bonchev–Trinajstić information content (AvgIpc) is 2.19. The molecule has 14 heavy (non-hydrogen) atoms. The van der Waals surface area contributed by atoms with Crippen LogP contribution in [-0.4, -0.2) is 16.9 Å². The summed E-state index contributed by atoms with van der Waals surface area (Å²) in [5, 5.41) is 12.8. The molecule has 5 N–H and O–H groups in total. The van der Waals surface area contributed by atoms with Gasteiger partial charge in [-0.15, -0.1) is 5.10 Å². The van der Waals surface area contributed by atoms with Crippen molar-refractivity contribution in [1.29, 1.82) is 0 Å². The van der Waals surface area contributed by atoms with Gasteiger partial charge in [-0.3, -0.25) is 0 Å². The molecule has 1 aromatic rings. The highest BCUT2D eigenvalue weighted by Gasteiger charge is 2.05. The number of carboxylic acids is 1. The average molecular weight is 194 g/mol. The lowest BCUT2D eigenvalue weighted by atomic mass is 10.3. The maximum absolute atomic E-state index is 10.3. The summed E-state index contributed by atoms with van der Waals surface area (Å²) in [5.74, 6) is 3.57. The zero-order valence-corrected chi connectivity index (χ0v) is 7.29. The smallest absolute Gasteiger partial charge is 0.373 e. The Morgan fingerprint density at radius 2 is 1.93 bits per heavy atom. The number of nitrogens with zero attached hydrogens (tertiary/aromatic N) is 2. The van der Waals surface area contributed by atoms with E-state index < -0.39 is 11.8 Å². The van der Waals surface area contributed by atoms with Gasteiger partial charge in [0.1, 0.15) is 0 Å². The summed E-state index contributed by atoms with van der Waals surface area (Å²) in [6, 6.07) is 8.67. The van der Waals surface area contributed by atoms with Gasteiger partial charge in [0.05, 0.1) is 5.69 Å². The number of amidine groups is 1. The van der Waals surface area contributed by atoms with E-state index in [1.165, 1.54) is 0 Å². The van der Waals surface area contributed by atoms with Crippen LogP contribution in [0.1, 0.15) is 0 Å². The summed E-state index contributed by atoms with van der Waals surface area (Å²) in [6.07, 6.45) is 0. The summed E-state index contributed by atoms with van der Waals surface area (Å²) in [5.41, 5.74) is 5.64. The summed E-state index contributed by atoms with van der Waals surface area (Å²) in [7, 11) is 0. The molecule has 0 unspecified atom stereocenters. The number of hydrogen-bond donors (Lipinski definition) is 3. The predicted octanol–water partition coefficient (Wildman–Crippen LogP) is -0.277. The van der Waals surface area contributed by atoms with Gasteiger partial charge in [0.2, 0.25) is 5.84 Å². The van der Waals surface area contributed by atoms with Gasteiger partial charge in [0.25, 0.3) is 0 Å². The molecule has 0 atom stereocenters. The second-order valence-electron chi connectivity index (χ2n) is 2.47. The quantitative estimate of drug-likeness (QED) is 0.260. The molecule has 0 aliphatic rings. The van der Waals surface area contributed by atoms with Crippen molar-refractivity contribution >= 4 is 17.5 Å². The van der Waals surface area contributed by atoms with Crippen LogP contribution >= 0.6 is 0 Å². The molecule has 0 amide bonds. The normalized spacial score (nSPS) is 11.1. The Morgan fingerprint density at radius 1 is 1.36 bits per heavy atom. The predicted molar refractivity (Wildman–Crippen MR) is 52.4 cm³/mol. The first kappa shape index (κ1) is 10.0. The fourth-order valence-electron chi connectivity index (χ4n) is 0.797. The van der Waals surface area contributed by atoms with E-state index in [0.717, 1.165) is 5.12 Å². The fraction of sp³-hybridized carbons (Fsp3) is 0. The van der Waals surface area contributed by atoms with Crippen LogP contribution < -0.4 is 16.7 Å². The van der Waals surface area contributed by atoms with Crippen molar-refractivity contribution in [3.63, 3.8) is 0 Å². The van der Waals surface area contributed by atoms with E-state index in [-0.39, 0.29) is 0 Å². The number of anilines is 1. The number of benzene rings is 1. The number of aliphatic carboxylic acids is 1. The molecule has 6 nitrogen and oxygen atoms in total. The third kappa shape index (κ3) is 2.46. The van der Waals surface area contributed by atoms with Crippen molar-refractivity contribution in [2.24, 2.45) is 16.7 Å². The Kier molecular flexibility index (Phi) is 3.03. The largest absolute Gasteiger partial charge is 0.475 e. The van der Waals surface area contributed by atoms with Gasteiger partial charge in [-0.1, -0.05) is 18.2 Å². The summed E-state index contributed by atoms with van der Waals surface area (Å²) < 4.78 is 0. The number of nitrogens with two attached hydrogens (primary N) is 2. The van der Waals surface area contributed by atoms with Gasteiger partial charge in [-0.2, -0.15) is 5.12 Å². The zero-order valence-electron chi connectivity index (χ0n) is 7.29. The van der Waals surface area contributed by atoms with Crippen LogP contribution in [0.25, 0.3) is 0 Å². The standard InChI is InChI=1S/C8H10N4O2/c9-7(8(13)14)11-12(10)6-4-2-1-3-5-6/h1-5H,10H2,(H2,9,11)(H,13,14). The van der Waals surface area contributed by atoms with Gasteiger partial charge in [-0.05, 0) is 12.1 Å². The molecule has 0 bridgehead atoms. The monoisotopic (exact) mass is 194 g/mol. The van der Waals surface area contributed by atoms with Gasteiger partial charge >= 0.3 is 5.97 Å². The molecule has 6 heteroatoms. The highest BCUT2D eigenvalue weighted by molar-refractivity contribution is 6.33. The second-order valence-corrected chi connectivity index (χ2v) is 2.47. The molecule has 1 rings (SSSR count). The minimum atomic E-state index is -1.31. The molecule has 0 aliphatic carbocycles. The van der Waals surface area contributed by atoms with Crippen LogP contribution in [0, 0.1) is 0 Å². The number of hydrazine groups is 1. The fourth-order valence-corrected chi connectivity index (χ4v) is 0.797. The minimum absolute atomic E-state index is 0.553. The lowest BCUT2D eigenvalue weighted by Crippen LogP contribution is -2.32. The van der Waals surface area contributed by atoms with E-state index >= 15 is 0 Å². The minimum Gasteiger partial charge on any atom is -0.475 e. The molecule has 0 radical (unpaired) electrons. The van der Waals surface area contributed by atoms with Crippen molar-refractivity contribution in [1.82, 2.24) is 0 Å². The van der Waals surface area contributed by atoms with Crippen LogP contribution in [0.5, 0.6) is 0 Å². The number of carbonyl (C=O) groups is 1. The summed E-state index contributed by atoms with van der Waals surface area (Å²) in [4.78, 5) is 10.3. The molecule has 0 aromatic heterocycles. The summed E-state index contributed by atoms with van der Waals surface area (Å²) >= 11 is 0. The van der Waals surface area contributed by atoms with E-state index in [2.05, 4.69) is 5.10 Å². The SMILES string of the molecule is N/C(=N\N(N)c1ccccc1)C(=O)O. The molecular weight excluding hydrogens is 184 g/mol. The van der Waals surface area contributed by atoms with E-state index in [4.69, 9.17) is 16.7 Å². The van der Waals surface area contributed by atoms with E-state index in [1.807, 2.05) is 6.07 Å². The molecule has 1 aromatic carbocycles. The van der Waals surface area contributed by atoms with E-state index in [1.54, 1.807) is 24.3 Å². The topological polar surface area (TPSA) is 105 Å². The summed E-state index contributed by atoms with van der Waals surface area (Å²) in [6.45, 7) is 0. The van der Waals surface area contributed by atoms with Gasteiger partial charge in [-0.25, -0.2) is 10.6 Å². The highest BCUT2D eigenvalue weighted by Crippen LogP contribution is 2.08. The van der Waals surface area contributed by atoms with Crippen molar-refractivity contribution in [3.8, 4) is 0 Å². The van der Waals surface area contributed by atoms with Crippen LogP contribution in [0.2, 0.25) is 0 Å². The molecule has 0 fully saturated rings. The Hall–Kier alpha value is -2.08. The van der Waals surface area contributed by atoms with Crippen LogP contribution in [0.15, 0.2) is 35.4 Å². The second kappa shape index (κ2) is 4.24. The van der Waals surface area contributed by atoms with Crippen molar-refractivity contribution in [2.45, 2.75) is 0 Å². The third-order valence-corrected chi connectivity index (χ3v) is 1.46. The number of rotatable bonds is 2. The molecular formula is C8H10N4O2. The van der Waals surface area contributed by atoms with Gasteiger partial charge < -0.3 is 10.8 Å². The lowest BCUT2D eigenvalue weighted by molar-refractivity contribution is -0.129. The molecule has 0 aliphatic heterocycles. The molecule has 74 valence electrons. The zero-order chi connectivity index (χ0) is 10.6. The van der Waals surface area contributed by atoms with Crippen LogP contribution in [0.3, 0.4) is 0 Å². The van der Waals surface area contributed by atoms with Gasteiger partial charge in [0, 0.05) is 0 Å². The highest BCUT2D eigenvalue weighted by atomic mass is 16.4. The lowest BCUT2D eigenvalue weighted by Gasteiger charge is -2.11. The Balaban J connectivity index is 2.82. The molecule has 0 saturated carbocycles. The van der Waals surface area contributed by atoms with E-state index in [0.29, 0.717) is 5.69 Å². The Labute approximate surface area is 80.4 Å². The third-order valence-electron chi connectivity index (χ3n) is 1.46. The number of hydrogen-bond acceptors (Lipinski definition) is 4. The maximum Gasteiger partial charge on any atom is 0.373 e. The van der Waals surface area contributed by atoms with Crippen molar-refractivity contribution < 1.29 is 9.90 Å². The molecule has 0 saturated heterocycles. The first-order chi connectivity index (χ1) is 6.61. The van der Waals surface area contributed by atoms with Crippen molar-refractivity contribution in [3.05, 3.63) is 30.3 Å². The number of hydrazone groups is 1. The Bertz CT molecular complexity index is 350. The number of para-hydroxylation sites is 1. The maximum atomic E-state index is 10.3.